The van der Waals surface area contributed by atoms with Gasteiger partial charge in [-0.3, -0.25) is 4.79 Å². The van der Waals surface area contributed by atoms with E-state index in [4.69, 9.17) is 0 Å². The summed E-state index contributed by atoms with van der Waals surface area (Å²) < 4.78 is 29.6. The van der Waals surface area contributed by atoms with Crippen LogP contribution in [-0.2, 0) is 21.2 Å². The quantitative estimate of drug-likeness (QED) is 0.406. The maximum Gasteiger partial charge on any atom is 0.264 e. The lowest BCUT2D eigenvalue weighted by atomic mass is 10.1. The number of fused-ring (bicyclic) bond motifs is 1. The molecule has 0 spiro atoms. The first-order valence-corrected chi connectivity index (χ1v) is 12.6. The number of hydrogen-bond donors (Lipinski definition) is 1. The molecule has 0 fully saturated rings. The molecule has 0 saturated heterocycles. The van der Waals surface area contributed by atoms with Crippen LogP contribution < -0.4 is 4.72 Å². The van der Waals surface area contributed by atoms with Gasteiger partial charge in [-0.15, -0.1) is 22.7 Å². The SMILES string of the molecule is Cc1csc(-c2cccc(S(=O)(=O)NC(=O)Cc3csc4ccc(Br)cc34)c2)n1. The Labute approximate surface area is 184 Å². The van der Waals surface area contributed by atoms with Crippen molar-refractivity contribution < 1.29 is 13.2 Å². The topological polar surface area (TPSA) is 76.1 Å². The third-order valence-corrected chi connectivity index (χ3v) is 8.11. The molecule has 1 amide bonds. The van der Waals surface area contributed by atoms with Gasteiger partial charge in [0.2, 0.25) is 5.91 Å². The molecule has 1 N–H and O–H groups in total. The van der Waals surface area contributed by atoms with Crippen LogP contribution in [0.25, 0.3) is 20.7 Å². The van der Waals surface area contributed by atoms with Crippen LogP contribution >= 0.6 is 38.6 Å². The first-order chi connectivity index (χ1) is 13.8. The van der Waals surface area contributed by atoms with E-state index in [0.29, 0.717) is 5.56 Å². The first kappa shape index (κ1) is 20.2. The number of nitrogens with zero attached hydrogens (tertiary/aromatic N) is 1. The monoisotopic (exact) mass is 506 g/mol. The highest BCUT2D eigenvalue weighted by Gasteiger charge is 2.20. The Morgan fingerprint density at radius 1 is 1.14 bits per heavy atom. The van der Waals surface area contributed by atoms with Crippen LogP contribution in [0, 0.1) is 6.92 Å². The Bertz CT molecular complexity index is 1330. The van der Waals surface area contributed by atoms with Crippen LogP contribution in [0.5, 0.6) is 0 Å². The summed E-state index contributed by atoms with van der Waals surface area (Å²) >= 11 is 6.40. The summed E-state index contributed by atoms with van der Waals surface area (Å²) in [6, 6.07) is 12.3. The molecule has 0 saturated carbocycles. The lowest BCUT2D eigenvalue weighted by Gasteiger charge is -2.08. The standard InChI is InChI=1S/C20H15BrN2O3S3/c1-12-10-28-20(22-12)13-3-2-4-16(7-13)29(25,26)23-19(24)8-14-11-27-18-6-5-15(21)9-17(14)18/h2-7,9-11H,8H2,1H3,(H,23,24). The lowest BCUT2D eigenvalue weighted by Crippen LogP contribution is -2.31. The third kappa shape index (κ3) is 4.42. The molecular formula is C20H15BrN2O3S3. The van der Waals surface area contributed by atoms with E-state index in [0.717, 1.165) is 30.8 Å². The van der Waals surface area contributed by atoms with Gasteiger partial charge in [0.1, 0.15) is 5.01 Å². The molecule has 0 atom stereocenters. The van der Waals surface area contributed by atoms with Gasteiger partial charge in [-0.25, -0.2) is 18.1 Å². The van der Waals surface area contributed by atoms with Gasteiger partial charge >= 0.3 is 0 Å². The van der Waals surface area contributed by atoms with Gasteiger partial charge < -0.3 is 0 Å². The molecule has 4 aromatic rings. The fraction of sp³-hybridized carbons (Fsp3) is 0.100. The highest BCUT2D eigenvalue weighted by Crippen LogP contribution is 2.29. The van der Waals surface area contributed by atoms with Gasteiger partial charge in [0.15, 0.2) is 0 Å². The van der Waals surface area contributed by atoms with Crippen LogP contribution in [0.2, 0.25) is 0 Å². The molecule has 2 aromatic heterocycles. The number of nitrogens with one attached hydrogen (secondary N) is 1. The molecule has 0 aliphatic rings. The van der Waals surface area contributed by atoms with Crippen molar-refractivity contribution in [3.8, 4) is 10.6 Å². The molecule has 0 radical (unpaired) electrons. The normalized spacial score (nSPS) is 11.7. The second-order valence-electron chi connectivity index (χ2n) is 6.43. The summed E-state index contributed by atoms with van der Waals surface area (Å²) in [4.78, 5) is 16.9. The van der Waals surface area contributed by atoms with Crippen molar-refractivity contribution in [3.63, 3.8) is 0 Å². The van der Waals surface area contributed by atoms with Gasteiger partial charge in [-0.2, -0.15) is 0 Å². The summed E-state index contributed by atoms with van der Waals surface area (Å²) in [5.74, 6) is -0.569. The van der Waals surface area contributed by atoms with E-state index in [1.54, 1.807) is 12.1 Å². The Kier molecular flexibility index (Phi) is 5.56. The number of rotatable bonds is 5. The zero-order valence-corrected chi connectivity index (χ0v) is 19.2. The van der Waals surface area contributed by atoms with Gasteiger partial charge in [-0.05, 0) is 53.6 Å². The fourth-order valence-corrected chi connectivity index (χ4v) is 6.02. The van der Waals surface area contributed by atoms with Gasteiger partial charge in [-0.1, -0.05) is 28.1 Å². The molecule has 0 aliphatic heterocycles. The number of aromatic nitrogens is 1. The average Bonchev–Trinajstić information content (AvgIpc) is 3.28. The number of carbonyl (C=O) groups is 1. The third-order valence-electron chi connectivity index (χ3n) is 4.23. The van der Waals surface area contributed by atoms with Crippen LogP contribution in [0.1, 0.15) is 11.3 Å². The number of aryl methyl sites for hydroxylation is 1. The maximum absolute atomic E-state index is 12.7. The number of thiophene rings is 1. The van der Waals surface area contributed by atoms with E-state index in [2.05, 4.69) is 25.6 Å². The molecule has 148 valence electrons. The molecule has 2 aromatic carbocycles. The number of sulfonamides is 1. The smallest absolute Gasteiger partial charge is 0.264 e. The highest BCUT2D eigenvalue weighted by atomic mass is 79.9. The molecule has 5 nitrogen and oxygen atoms in total. The Morgan fingerprint density at radius 2 is 1.97 bits per heavy atom. The minimum Gasteiger partial charge on any atom is -0.274 e. The average molecular weight is 507 g/mol. The minimum atomic E-state index is -3.98. The number of amides is 1. The van der Waals surface area contributed by atoms with Crippen LogP contribution in [0.15, 0.2) is 62.6 Å². The van der Waals surface area contributed by atoms with Gasteiger partial charge in [0, 0.05) is 25.8 Å². The number of thiazole rings is 1. The van der Waals surface area contributed by atoms with E-state index in [1.807, 2.05) is 35.9 Å². The molecule has 29 heavy (non-hydrogen) atoms. The molecule has 0 aliphatic carbocycles. The van der Waals surface area contributed by atoms with Crippen molar-refractivity contribution in [1.29, 1.82) is 0 Å². The summed E-state index contributed by atoms with van der Waals surface area (Å²) in [5.41, 5.74) is 2.37. The largest absolute Gasteiger partial charge is 0.274 e. The Balaban J connectivity index is 1.55. The number of carbonyl (C=O) groups excluding carboxylic acids is 1. The van der Waals surface area contributed by atoms with Crippen LogP contribution in [0.3, 0.4) is 0 Å². The van der Waals surface area contributed by atoms with E-state index in [1.165, 1.54) is 34.8 Å². The predicted octanol–water partition coefficient (Wildman–Crippen LogP) is 5.14. The summed E-state index contributed by atoms with van der Waals surface area (Å²) in [5, 5.41) is 5.47. The predicted molar refractivity (Wildman–Crippen MR) is 121 cm³/mol. The molecule has 2 heterocycles. The Hall–Kier alpha value is -2.07. The number of halogens is 1. The van der Waals surface area contributed by atoms with E-state index in [-0.39, 0.29) is 11.3 Å². The van der Waals surface area contributed by atoms with Crippen molar-refractivity contribution in [2.75, 3.05) is 0 Å². The van der Waals surface area contributed by atoms with Crippen molar-refractivity contribution >= 4 is 64.6 Å². The maximum atomic E-state index is 12.7. The molecular weight excluding hydrogens is 492 g/mol. The van der Waals surface area contributed by atoms with Crippen LogP contribution in [-0.4, -0.2) is 19.3 Å². The highest BCUT2D eigenvalue weighted by molar-refractivity contribution is 9.10. The molecule has 9 heteroatoms. The van der Waals surface area contributed by atoms with Crippen molar-refractivity contribution in [2.24, 2.45) is 0 Å². The van der Waals surface area contributed by atoms with Crippen LogP contribution in [0.4, 0.5) is 0 Å². The summed E-state index contributed by atoms with van der Waals surface area (Å²) in [6.45, 7) is 1.88. The summed E-state index contributed by atoms with van der Waals surface area (Å²) in [6.07, 6.45) is -0.0128. The molecule has 0 unspecified atom stereocenters. The van der Waals surface area contributed by atoms with E-state index < -0.39 is 15.9 Å². The van der Waals surface area contributed by atoms with Crippen molar-refractivity contribution in [3.05, 3.63) is 69.0 Å². The van der Waals surface area contributed by atoms with Gasteiger partial charge in [0.25, 0.3) is 10.0 Å². The van der Waals surface area contributed by atoms with E-state index >= 15 is 0 Å². The van der Waals surface area contributed by atoms with Crippen molar-refractivity contribution in [1.82, 2.24) is 9.71 Å². The minimum absolute atomic E-state index is 0.0128. The lowest BCUT2D eigenvalue weighted by molar-refractivity contribution is -0.118. The molecule has 4 rings (SSSR count). The fourth-order valence-electron chi connectivity index (χ4n) is 2.89. The molecule has 0 bridgehead atoms. The second-order valence-corrected chi connectivity index (χ2v) is 10.8. The van der Waals surface area contributed by atoms with E-state index in [9.17, 15) is 13.2 Å². The number of benzene rings is 2. The second kappa shape index (κ2) is 7.98. The van der Waals surface area contributed by atoms with Crippen molar-refractivity contribution in [2.45, 2.75) is 18.2 Å². The number of hydrogen-bond acceptors (Lipinski definition) is 6. The first-order valence-electron chi connectivity index (χ1n) is 8.56. The zero-order chi connectivity index (χ0) is 20.6. The summed E-state index contributed by atoms with van der Waals surface area (Å²) in [7, 11) is -3.98. The zero-order valence-electron chi connectivity index (χ0n) is 15.2. The Morgan fingerprint density at radius 3 is 2.72 bits per heavy atom. The van der Waals surface area contributed by atoms with Gasteiger partial charge in [0.05, 0.1) is 11.3 Å².